The minimum absolute atomic E-state index is 0.00911. The molecule has 2 N–H and O–H groups in total. The van der Waals surface area contributed by atoms with Crippen molar-refractivity contribution in [3.63, 3.8) is 0 Å². The predicted octanol–water partition coefficient (Wildman–Crippen LogP) is 3.63. The zero-order valence-electron chi connectivity index (χ0n) is 19.0. The minimum Gasteiger partial charge on any atom is -0.481 e. The molecule has 0 aliphatic heterocycles. The molecule has 2 aromatic rings. The number of fused-ring (bicyclic) bond motifs is 3. The van der Waals surface area contributed by atoms with E-state index in [0.717, 1.165) is 22.3 Å². The van der Waals surface area contributed by atoms with Crippen LogP contribution in [-0.2, 0) is 14.3 Å². The van der Waals surface area contributed by atoms with Crippen molar-refractivity contribution in [3.05, 3.63) is 59.7 Å². The predicted molar refractivity (Wildman–Crippen MR) is 125 cm³/mol. The van der Waals surface area contributed by atoms with E-state index >= 15 is 0 Å². The maximum Gasteiger partial charge on any atom is 0.407 e. The van der Waals surface area contributed by atoms with Crippen LogP contribution in [0.25, 0.3) is 11.1 Å². The summed E-state index contributed by atoms with van der Waals surface area (Å²) in [6.07, 6.45) is 3.95. The van der Waals surface area contributed by atoms with Gasteiger partial charge in [-0.25, -0.2) is 4.79 Å². The summed E-state index contributed by atoms with van der Waals surface area (Å²) in [6.45, 7) is 5.40. The summed E-state index contributed by atoms with van der Waals surface area (Å²) in [4.78, 5) is 38.4. The maximum atomic E-state index is 13.0. The lowest BCUT2D eigenvalue weighted by molar-refractivity contribution is -0.144. The van der Waals surface area contributed by atoms with Gasteiger partial charge in [-0.2, -0.15) is 0 Å². The van der Waals surface area contributed by atoms with Gasteiger partial charge >= 0.3 is 12.1 Å². The third kappa shape index (κ3) is 5.35. The van der Waals surface area contributed by atoms with E-state index < -0.39 is 36.0 Å². The third-order valence-electron chi connectivity index (χ3n) is 5.64. The highest BCUT2D eigenvalue weighted by Gasteiger charge is 2.34. The average Bonchev–Trinajstić information content (AvgIpc) is 3.08. The molecule has 7 heteroatoms. The molecule has 7 nitrogen and oxygen atoms in total. The van der Waals surface area contributed by atoms with Crippen LogP contribution in [0.3, 0.4) is 0 Å². The first-order valence-corrected chi connectivity index (χ1v) is 10.7. The molecule has 172 valence electrons. The summed E-state index contributed by atoms with van der Waals surface area (Å²) in [7, 11) is 0. The van der Waals surface area contributed by atoms with Crippen molar-refractivity contribution in [1.29, 1.82) is 0 Å². The molecule has 33 heavy (non-hydrogen) atoms. The number of hydrogen-bond acceptors (Lipinski definition) is 4. The summed E-state index contributed by atoms with van der Waals surface area (Å²) >= 11 is 0. The van der Waals surface area contributed by atoms with Gasteiger partial charge < -0.3 is 20.1 Å². The molecule has 3 rings (SSSR count). The second-order valence-corrected chi connectivity index (χ2v) is 8.92. The van der Waals surface area contributed by atoms with Crippen LogP contribution in [0.2, 0.25) is 0 Å². The van der Waals surface area contributed by atoms with E-state index in [9.17, 15) is 19.5 Å². The minimum atomic E-state index is -1.30. The molecular formula is C26H28N2O5. The van der Waals surface area contributed by atoms with Gasteiger partial charge in [0.1, 0.15) is 12.6 Å². The van der Waals surface area contributed by atoms with Gasteiger partial charge in [0.15, 0.2) is 0 Å². The second kappa shape index (κ2) is 9.78. The van der Waals surface area contributed by atoms with Crippen molar-refractivity contribution in [2.45, 2.75) is 44.7 Å². The smallest absolute Gasteiger partial charge is 0.407 e. The van der Waals surface area contributed by atoms with E-state index in [-0.39, 0.29) is 19.1 Å². The van der Waals surface area contributed by atoms with Gasteiger partial charge in [-0.05, 0) is 43.0 Å². The highest BCUT2D eigenvalue weighted by atomic mass is 16.5. The van der Waals surface area contributed by atoms with E-state index in [2.05, 4.69) is 11.2 Å². The van der Waals surface area contributed by atoms with E-state index in [1.54, 1.807) is 20.8 Å². The highest BCUT2D eigenvalue weighted by molar-refractivity contribution is 5.90. The standard InChI is InChI=1S/C26H28N2O5/c1-5-14-28(26(2,3)4)24(31)22(15-23(29)30)27-25(32)33-16-21-19-12-8-6-10-17(19)18-11-7-9-13-20(18)21/h1,6-13,21-22H,14-16H2,2-4H3,(H,27,32)(H,29,30). The largest absolute Gasteiger partial charge is 0.481 e. The van der Waals surface area contributed by atoms with Crippen molar-refractivity contribution in [1.82, 2.24) is 10.2 Å². The molecule has 0 bridgehead atoms. The Morgan fingerprint density at radius 2 is 1.64 bits per heavy atom. The Kier molecular flexibility index (Phi) is 7.07. The molecule has 0 heterocycles. The number of terminal acetylenes is 1. The molecule has 0 spiro atoms. The average molecular weight is 449 g/mol. The molecule has 0 radical (unpaired) electrons. The third-order valence-corrected chi connectivity index (χ3v) is 5.64. The maximum absolute atomic E-state index is 13.0. The summed E-state index contributed by atoms with van der Waals surface area (Å²) in [5, 5.41) is 11.7. The van der Waals surface area contributed by atoms with Crippen molar-refractivity contribution in [3.8, 4) is 23.5 Å². The monoisotopic (exact) mass is 448 g/mol. The van der Waals surface area contributed by atoms with Gasteiger partial charge in [0.2, 0.25) is 5.91 Å². The number of nitrogens with one attached hydrogen (secondary N) is 1. The van der Waals surface area contributed by atoms with E-state index in [1.165, 1.54) is 4.90 Å². The number of carboxylic acid groups (broad SMARTS) is 1. The van der Waals surface area contributed by atoms with Gasteiger partial charge in [0, 0.05) is 11.5 Å². The highest BCUT2D eigenvalue weighted by Crippen LogP contribution is 2.44. The molecule has 2 aromatic carbocycles. The van der Waals surface area contributed by atoms with Crippen LogP contribution >= 0.6 is 0 Å². The second-order valence-electron chi connectivity index (χ2n) is 8.92. The zero-order chi connectivity index (χ0) is 24.2. The Balaban J connectivity index is 1.73. The Morgan fingerprint density at radius 1 is 1.09 bits per heavy atom. The Bertz CT molecular complexity index is 1050. The van der Waals surface area contributed by atoms with Crippen molar-refractivity contribution < 1.29 is 24.2 Å². The Labute approximate surface area is 193 Å². The number of amides is 2. The van der Waals surface area contributed by atoms with E-state index in [1.807, 2.05) is 48.5 Å². The lowest BCUT2D eigenvalue weighted by Gasteiger charge is -2.36. The van der Waals surface area contributed by atoms with Gasteiger partial charge in [0.25, 0.3) is 0 Å². The number of rotatable bonds is 7. The SMILES string of the molecule is C#CCN(C(=O)C(CC(=O)O)NC(=O)OCC1c2ccccc2-c2ccccc21)C(C)(C)C. The van der Waals surface area contributed by atoms with Crippen molar-refractivity contribution in [2.24, 2.45) is 0 Å². The number of aliphatic carboxylic acids is 1. The van der Waals surface area contributed by atoms with Gasteiger partial charge in [-0.15, -0.1) is 6.42 Å². The number of carbonyl (C=O) groups is 3. The first kappa shape index (κ1) is 23.9. The molecule has 0 fully saturated rings. The van der Waals surface area contributed by atoms with Crippen LogP contribution < -0.4 is 5.32 Å². The fourth-order valence-corrected chi connectivity index (χ4v) is 4.08. The van der Waals surface area contributed by atoms with Crippen molar-refractivity contribution in [2.75, 3.05) is 13.2 Å². The molecule has 0 saturated carbocycles. The first-order chi connectivity index (χ1) is 15.6. The van der Waals surface area contributed by atoms with E-state index in [4.69, 9.17) is 11.2 Å². The van der Waals surface area contributed by atoms with Gasteiger partial charge in [-0.1, -0.05) is 54.5 Å². The number of carbonyl (C=O) groups excluding carboxylic acids is 2. The lowest BCUT2D eigenvalue weighted by atomic mass is 9.98. The normalized spacial score (nSPS) is 13.3. The van der Waals surface area contributed by atoms with Crippen LogP contribution in [0, 0.1) is 12.3 Å². The van der Waals surface area contributed by atoms with E-state index in [0.29, 0.717) is 0 Å². The molecule has 1 atom stereocenters. The molecule has 1 aliphatic carbocycles. The number of nitrogens with zero attached hydrogens (tertiary/aromatic N) is 1. The van der Waals surface area contributed by atoms with Crippen LogP contribution in [0.4, 0.5) is 4.79 Å². The number of benzene rings is 2. The summed E-state index contributed by atoms with van der Waals surface area (Å²) in [6, 6.07) is 14.6. The fraction of sp³-hybridized carbons (Fsp3) is 0.346. The molecular weight excluding hydrogens is 420 g/mol. The summed E-state index contributed by atoms with van der Waals surface area (Å²) < 4.78 is 5.47. The fourth-order valence-electron chi connectivity index (χ4n) is 4.08. The van der Waals surface area contributed by atoms with Crippen LogP contribution in [0.15, 0.2) is 48.5 Å². The summed E-state index contributed by atoms with van der Waals surface area (Å²) in [5.74, 6) is 0.469. The first-order valence-electron chi connectivity index (χ1n) is 10.7. The summed E-state index contributed by atoms with van der Waals surface area (Å²) in [5.41, 5.74) is 3.64. The molecule has 1 unspecified atom stereocenters. The number of ether oxygens (including phenoxy) is 1. The zero-order valence-corrected chi connectivity index (χ0v) is 19.0. The van der Waals surface area contributed by atoms with Crippen LogP contribution in [0.1, 0.15) is 44.2 Å². The number of carboxylic acids is 1. The van der Waals surface area contributed by atoms with Crippen LogP contribution in [0.5, 0.6) is 0 Å². The number of hydrogen-bond donors (Lipinski definition) is 2. The topological polar surface area (TPSA) is 95.9 Å². The van der Waals surface area contributed by atoms with Gasteiger partial charge in [0.05, 0.1) is 13.0 Å². The molecule has 0 saturated heterocycles. The van der Waals surface area contributed by atoms with Crippen LogP contribution in [-0.4, -0.2) is 52.7 Å². The molecule has 1 aliphatic rings. The van der Waals surface area contributed by atoms with Crippen molar-refractivity contribution >= 4 is 18.0 Å². The molecule has 0 aromatic heterocycles. The Morgan fingerprint density at radius 3 is 2.12 bits per heavy atom. The molecule has 2 amide bonds. The van der Waals surface area contributed by atoms with Gasteiger partial charge in [-0.3, -0.25) is 9.59 Å². The number of alkyl carbamates (subject to hydrolysis) is 1. The quantitative estimate of drug-likeness (QED) is 0.631. The lowest BCUT2D eigenvalue weighted by Crippen LogP contribution is -2.55. The Hall–Kier alpha value is -3.79.